The molecule has 46 heavy (non-hydrogen) atoms. The van der Waals surface area contributed by atoms with Crippen LogP contribution in [0.4, 0.5) is 17.1 Å². The first-order chi connectivity index (χ1) is 22.8. The van der Waals surface area contributed by atoms with Crippen molar-refractivity contribution in [3.63, 3.8) is 0 Å². The predicted octanol–water partition coefficient (Wildman–Crippen LogP) is 12.2. The van der Waals surface area contributed by atoms with Crippen LogP contribution in [0.25, 0.3) is 49.4 Å². The van der Waals surface area contributed by atoms with Gasteiger partial charge in [-0.1, -0.05) is 121 Å². The molecular formula is C44H31NO. The lowest BCUT2D eigenvalue weighted by Crippen LogP contribution is -2.11. The van der Waals surface area contributed by atoms with Crippen LogP contribution in [0.1, 0.15) is 5.56 Å². The lowest BCUT2D eigenvalue weighted by molar-refractivity contribution is 0.663. The normalized spacial score (nSPS) is 17.0. The van der Waals surface area contributed by atoms with Gasteiger partial charge in [0.25, 0.3) is 0 Å². The number of para-hydroxylation sites is 2. The fourth-order valence-corrected chi connectivity index (χ4v) is 7.03. The molecule has 218 valence electrons. The topological polar surface area (TPSA) is 16.4 Å². The second kappa shape index (κ2) is 10.9. The molecule has 0 aliphatic heterocycles. The zero-order valence-electron chi connectivity index (χ0n) is 25.3. The van der Waals surface area contributed by atoms with Gasteiger partial charge in [-0.3, -0.25) is 0 Å². The molecule has 1 aromatic heterocycles. The molecule has 2 nitrogen and oxygen atoms in total. The lowest BCUT2D eigenvalue weighted by atomic mass is 9.81. The van der Waals surface area contributed by atoms with E-state index in [9.17, 15) is 0 Å². The summed E-state index contributed by atoms with van der Waals surface area (Å²) < 4.78 is 6.13. The number of rotatable bonds is 5. The number of furan rings is 1. The summed E-state index contributed by atoms with van der Waals surface area (Å²) in [5.74, 6) is 0.894. The number of allylic oxidation sites excluding steroid dienone is 8. The first-order valence-electron chi connectivity index (χ1n) is 15.9. The van der Waals surface area contributed by atoms with Crippen molar-refractivity contribution >= 4 is 55.3 Å². The molecule has 0 radical (unpaired) electrons. The third kappa shape index (κ3) is 4.58. The van der Waals surface area contributed by atoms with E-state index in [0.29, 0.717) is 11.8 Å². The van der Waals surface area contributed by atoms with Gasteiger partial charge in [-0.05, 0) is 87.6 Å². The molecule has 2 heteroatoms. The van der Waals surface area contributed by atoms with Crippen LogP contribution in [0.3, 0.4) is 0 Å². The highest BCUT2D eigenvalue weighted by Crippen LogP contribution is 2.39. The van der Waals surface area contributed by atoms with Gasteiger partial charge in [0.1, 0.15) is 11.2 Å². The molecule has 2 aliphatic carbocycles. The van der Waals surface area contributed by atoms with E-state index in [0.717, 1.165) is 33.6 Å². The largest absolute Gasteiger partial charge is 0.456 e. The summed E-state index contributed by atoms with van der Waals surface area (Å²) in [7, 11) is 0. The molecule has 2 unspecified atom stereocenters. The lowest BCUT2D eigenvalue weighted by Gasteiger charge is -2.26. The summed E-state index contributed by atoms with van der Waals surface area (Å²) in [5, 5.41) is 4.77. The van der Waals surface area contributed by atoms with Crippen molar-refractivity contribution in [2.24, 2.45) is 11.8 Å². The zero-order chi connectivity index (χ0) is 30.5. The minimum absolute atomic E-state index is 0.429. The molecule has 0 saturated carbocycles. The Morgan fingerprint density at radius 3 is 1.96 bits per heavy atom. The van der Waals surface area contributed by atoms with Gasteiger partial charge in [0, 0.05) is 39.7 Å². The van der Waals surface area contributed by atoms with Crippen molar-refractivity contribution in [3.05, 3.63) is 182 Å². The third-order valence-electron chi connectivity index (χ3n) is 9.38. The average Bonchev–Trinajstić information content (AvgIpc) is 3.52. The van der Waals surface area contributed by atoms with Crippen molar-refractivity contribution in [1.29, 1.82) is 0 Å². The van der Waals surface area contributed by atoms with Gasteiger partial charge in [-0.15, -0.1) is 0 Å². The van der Waals surface area contributed by atoms with Crippen LogP contribution < -0.4 is 4.90 Å². The van der Waals surface area contributed by atoms with Gasteiger partial charge in [-0.2, -0.15) is 0 Å². The Hall–Kier alpha value is -5.86. The van der Waals surface area contributed by atoms with Crippen LogP contribution in [-0.4, -0.2) is 0 Å². The predicted molar refractivity (Wildman–Crippen MR) is 194 cm³/mol. The van der Waals surface area contributed by atoms with E-state index >= 15 is 0 Å². The molecule has 0 spiro atoms. The van der Waals surface area contributed by atoms with Crippen molar-refractivity contribution in [3.8, 4) is 11.1 Å². The van der Waals surface area contributed by atoms with Gasteiger partial charge in [0.2, 0.25) is 0 Å². The Morgan fingerprint density at radius 1 is 0.478 bits per heavy atom. The second-order valence-corrected chi connectivity index (χ2v) is 12.1. The minimum Gasteiger partial charge on any atom is -0.456 e. The van der Waals surface area contributed by atoms with Crippen molar-refractivity contribution < 1.29 is 4.42 Å². The zero-order valence-corrected chi connectivity index (χ0v) is 25.3. The number of benzene rings is 6. The molecule has 6 aromatic carbocycles. The number of fused-ring (bicyclic) bond motifs is 6. The third-order valence-corrected chi connectivity index (χ3v) is 9.38. The number of hydrogen-bond donors (Lipinski definition) is 0. The van der Waals surface area contributed by atoms with Gasteiger partial charge in [0.05, 0.1) is 0 Å². The van der Waals surface area contributed by atoms with Crippen LogP contribution in [0.15, 0.2) is 180 Å². The summed E-state index contributed by atoms with van der Waals surface area (Å²) in [6, 6.07) is 47.7. The van der Waals surface area contributed by atoms with Crippen LogP contribution in [0, 0.1) is 11.8 Å². The van der Waals surface area contributed by atoms with Crippen LogP contribution in [0.5, 0.6) is 0 Å². The molecule has 0 fully saturated rings. The molecule has 0 saturated heterocycles. The number of nitrogens with zero attached hydrogens (tertiary/aromatic N) is 1. The molecule has 0 bridgehead atoms. The van der Waals surface area contributed by atoms with Gasteiger partial charge < -0.3 is 9.32 Å². The fourth-order valence-electron chi connectivity index (χ4n) is 7.03. The molecule has 9 rings (SSSR count). The van der Waals surface area contributed by atoms with Crippen LogP contribution in [0.2, 0.25) is 0 Å². The highest BCUT2D eigenvalue weighted by atomic mass is 16.3. The van der Waals surface area contributed by atoms with Gasteiger partial charge >= 0.3 is 0 Å². The second-order valence-electron chi connectivity index (χ2n) is 12.1. The summed E-state index contributed by atoms with van der Waals surface area (Å²) >= 11 is 0. The first-order valence-corrected chi connectivity index (χ1v) is 15.9. The molecule has 2 atom stereocenters. The Kier molecular flexibility index (Phi) is 6.31. The Morgan fingerprint density at radius 2 is 1.15 bits per heavy atom. The van der Waals surface area contributed by atoms with E-state index in [2.05, 4.69) is 169 Å². The fraction of sp³-hybridized carbons (Fsp3) is 0.0455. The SMILES string of the molecule is C1=CC2C=CC(c3ccc(N(c4ccccc4)c4ccc(-c5ccc6c(ccc7oc8ccccc8c76)c5)cc4)cc3)=CC2C=C1. The molecule has 2 aliphatic rings. The van der Waals surface area contributed by atoms with E-state index in [4.69, 9.17) is 4.42 Å². The molecule has 7 aromatic rings. The van der Waals surface area contributed by atoms with Crippen molar-refractivity contribution in [1.82, 2.24) is 0 Å². The monoisotopic (exact) mass is 589 g/mol. The maximum atomic E-state index is 6.13. The molecule has 0 amide bonds. The van der Waals surface area contributed by atoms with Gasteiger partial charge in [0.15, 0.2) is 0 Å². The van der Waals surface area contributed by atoms with Crippen molar-refractivity contribution in [2.45, 2.75) is 0 Å². The summed E-state index contributed by atoms with van der Waals surface area (Å²) in [5.41, 5.74) is 10.1. The number of hydrogen-bond acceptors (Lipinski definition) is 2. The van der Waals surface area contributed by atoms with E-state index in [1.807, 2.05) is 12.1 Å². The quantitative estimate of drug-likeness (QED) is 0.199. The molecule has 0 N–H and O–H groups in total. The standard InChI is InChI=1S/C44H31NO/c1-2-10-37(11-3-1)45(38-22-16-31(17-23-38)34-15-14-30-8-4-5-9-33(30)28-34)39-24-18-32(19-25-39)35-20-26-40-36(29-35)21-27-43-44(40)41-12-6-7-13-42(41)46-43/h1-30,33H. The van der Waals surface area contributed by atoms with Crippen LogP contribution in [-0.2, 0) is 0 Å². The van der Waals surface area contributed by atoms with E-state index < -0.39 is 0 Å². The number of anilines is 3. The molecular weight excluding hydrogens is 558 g/mol. The minimum atomic E-state index is 0.429. The Bertz CT molecular complexity index is 2350. The first kappa shape index (κ1) is 26.5. The highest BCUT2D eigenvalue weighted by Gasteiger charge is 2.19. The van der Waals surface area contributed by atoms with E-state index in [1.54, 1.807) is 0 Å². The van der Waals surface area contributed by atoms with Crippen molar-refractivity contribution in [2.75, 3.05) is 4.90 Å². The Labute approximate surface area is 268 Å². The summed E-state index contributed by atoms with van der Waals surface area (Å²) in [6.45, 7) is 0. The smallest absolute Gasteiger partial charge is 0.136 e. The summed E-state index contributed by atoms with van der Waals surface area (Å²) in [4.78, 5) is 2.32. The van der Waals surface area contributed by atoms with Crippen LogP contribution >= 0.6 is 0 Å². The highest BCUT2D eigenvalue weighted by molar-refractivity contribution is 6.19. The van der Waals surface area contributed by atoms with E-state index in [1.165, 1.54) is 38.4 Å². The summed E-state index contributed by atoms with van der Waals surface area (Å²) in [6.07, 6.45) is 15.8. The Balaban J connectivity index is 1.05. The maximum absolute atomic E-state index is 6.13. The molecule has 1 heterocycles. The van der Waals surface area contributed by atoms with E-state index in [-0.39, 0.29) is 0 Å². The van der Waals surface area contributed by atoms with Gasteiger partial charge in [-0.25, -0.2) is 0 Å². The average molecular weight is 590 g/mol. The maximum Gasteiger partial charge on any atom is 0.136 e.